The molecule has 0 atom stereocenters. The molecule has 0 unspecified atom stereocenters. The van der Waals surface area contributed by atoms with Gasteiger partial charge in [-0.1, -0.05) is 12.1 Å². The van der Waals surface area contributed by atoms with Gasteiger partial charge in [-0.05, 0) is 55.3 Å². The number of aromatic nitrogens is 1. The Balaban J connectivity index is 1.20. The van der Waals surface area contributed by atoms with Crippen molar-refractivity contribution in [1.82, 2.24) is 20.1 Å². The lowest BCUT2D eigenvalue weighted by molar-refractivity contribution is 0.0964. The first-order valence-corrected chi connectivity index (χ1v) is 12.7. The number of carbonyl (C=O) groups excluding carboxylic acids is 1. The Hall–Kier alpha value is -3.36. The third-order valence-corrected chi connectivity index (χ3v) is 7.37. The maximum atomic E-state index is 13.0. The van der Waals surface area contributed by atoms with Crippen LogP contribution in [0.3, 0.4) is 0 Å². The molecule has 2 aliphatic heterocycles. The molecule has 1 amide bonds. The molecule has 0 bridgehead atoms. The molecule has 1 fully saturated rings. The number of methoxy groups -OCH3 is 1. The van der Waals surface area contributed by atoms with Crippen molar-refractivity contribution < 1.29 is 14.3 Å². The highest BCUT2D eigenvalue weighted by atomic mass is 16.5. The number of nitrogens with zero attached hydrogens (tertiary/aromatic N) is 2. The summed E-state index contributed by atoms with van der Waals surface area (Å²) in [5, 5.41) is 7.09. The number of benzene rings is 2. The van der Waals surface area contributed by atoms with E-state index in [1.807, 2.05) is 18.2 Å². The van der Waals surface area contributed by atoms with Crippen LogP contribution in [0.15, 0.2) is 47.3 Å². The molecule has 190 valence electrons. The van der Waals surface area contributed by atoms with Crippen molar-refractivity contribution in [2.24, 2.45) is 0 Å². The van der Waals surface area contributed by atoms with Crippen molar-refractivity contribution >= 4 is 16.8 Å². The van der Waals surface area contributed by atoms with Crippen LogP contribution in [0.5, 0.6) is 11.5 Å². The third kappa shape index (κ3) is 5.10. The predicted molar refractivity (Wildman–Crippen MR) is 140 cm³/mol. The number of nitrogens with one attached hydrogen (secondary N) is 2. The van der Waals surface area contributed by atoms with Gasteiger partial charge in [0.15, 0.2) is 0 Å². The number of hydrogen-bond donors (Lipinski definition) is 2. The van der Waals surface area contributed by atoms with E-state index in [9.17, 15) is 9.59 Å². The maximum Gasteiger partial charge on any atom is 0.251 e. The van der Waals surface area contributed by atoms with Gasteiger partial charge in [-0.2, -0.15) is 0 Å². The number of rotatable bonds is 8. The number of ether oxygens (including phenoxy) is 2. The fourth-order valence-corrected chi connectivity index (χ4v) is 5.25. The summed E-state index contributed by atoms with van der Waals surface area (Å²) in [6.07, 6.45) is 3.15. The van der Waals surface area contributed by atoms with Crippen molar-refractivity contribution in [3.63, 3.8) is 0 Å². The highest BCUT2D eigenvalue weighted by molar-refractivity contribution is 6.06. The largest absolute Gasteiger partial charge is 0.497 e. The SMILES string of the molecule is CNC(=O)c1cc(=O)n(CCN2CCC(NCc3ccc4c(c3)CCO4)CC2)c2cc(OC)ccc12. The second-order valence-electron chi connectivity index (χ2n) is 9.55. The number of hydrogen-bond acceptors (Lipinski definition) is 6. The van der Waals surface area contributed by atoms with Crippen molar-refractivity contribution in [3.05, 3.63) is 69.5 Å². The Morgan fingerprint density at radius 1 is 1.11 bits per heavy atom. The molecular weight excluding hydrogens is 456 g/mol. The Morgan fingerprint density at radius 3 is 2.72 bits per heavy atom. The summed E-state index contributed by atoms with van der Waals surface area (Å²) in [4.78, 5) is 27.8. The molecule has 0 aliphatic carbocycles. The molecule has 8 nitrogen and oxygen atoms in total. The van der Waals surface area contributed by atoms with Crippen LogP contribution >= 0.6 is 0 Å². The first-order chi connectivity index (χ1) is 17.6. The fourth-order valence-electron chi connectivity index (χ4n) is 5.25. The first-order valence-electron chi connectivity index (χ1n) is 12.7. The lowest BCUT2D eigenvalue weighted by Crippen LogP contribution is -2.43. The van der Waals surface area contributed by atoms with Gasteiger partial charge >= 0.3 is 0 Å². The first kappa shape index (κ1) is 24.3. The number of amides is 1. The summed E-state index contributed by atoms with van der Waals surface area (Å²) in [6.45, 7) is 4.98. The summed E-state index contributed by atoms with van der Waals surface area (Å²) < 4.78 is 12.8. The van der Waals surface area contributed by atoms with Crippen LogP contribution in [0.4, 0.5) is 0 Å². The summed E-state index contributed by atoms with van der Waals surface area (Å²) in [6, 6.07) is 13.9. The number of piperidine rings is 1. The molecule has 2 aromatic carbocycles. The molecule has 0 saturated carbocycles. The summed E-state index contributed by atoms with van der Waals surface area (Å²) in [7, 11) is 3.17. The van der Waals surface area contributed by atoms with Gasteiger partial charge in [-0.3, -0.25) is 9.59 Å². The van der Waals surface area contributed by atoms with Crippen molar-refractivity contribution in [1.29, 1.82) is 0 Å². The average molecular weight is 491 g/mol. The van der Waals surface area contributed by atoms with E-state index in [0.717, 1.165) is 68.7 Å². The Labute approximate surface area is 211 Å². The summed E-state index contributed by atoms with van der Waals surface area (Å²) in [5.41, 5.74) is 3.55. The molecule has 0 radical (unpaired) electrons. The number of likely N-dealkylation sites (tertiary alicyclic amines) is 1. The van der Waals surface area contributed by atoms with Gasteiger partial charge in [0.25, 0.3) is 11.5 Å². The Kier molecular flexibility index (Phi) is 7.25. The van der Waals surface area contributed by atoms with E-state index in [1.165, 1.54) is 17.2 Å². The van der Waals surface area contributed by atoms with Gasteiger partial charge in [0.05, 0.1) is 24.8 Å². The molecule has 3 aromatic rings. The van der Waals surface area contributed by atoms with Gasteiger partial charge < -0.3 is 29.6 Å². The lowest BCUT2D eigenvalue weighted by Gasteiger charge is -2.32. The molecule has 1 saturated heterocycles. The van der Waals surface area contributed by atoms with Gasteiger partial charge in [0, 0.05) is 56.7 Å². The highest BCUT2D eigenvalue weighted by Gasteiger charge is 2.20. The Bertz CT molecular complexity index is 1310. The van der Waals surface area contributed by atoms with Crippen LogP contribution in [0.1, 0.15) is 34.3 Å². The van der Waals surface area contributed by atoms with E-state index in [4.69, 9.17) is 9.47 Å². The summed E-state index contributed by atoms with van der Waals surface area (Å²) >= 11 is 0. The minimum Gasteiger partial charge on any atom is -0.497 e. The molecule has 0 spiro atoms. The molecule has 2 aliphatic rings. The average Bonchev–Trinajstić information content (AvgIpc) is 3.39. The quantitative estimate of drug-likeness (QED) is 0.505. The molecule has 2 N–H and O–H groups in total. The van der Waals surface area contributed by atoms with E-state index in [2.05, 4.69) is 33.7 Å². The van der Waals surface area contributed by atoms with E-state index in [-0.39, 0.29) is 11.5 Å². The number of fused-ring (bicyclic) bond motifs is 2. The standard InChI is InChI=1S/C28H34N4O4/c1-29-28(34)24-17-27(33)32(25-16-22(35-2)4-5-23(24)25)13-12-31-10-7-21(8-11-31)30-18-19-3-6-26-20(15-19)9-14-36-26/h3-6,15-17,21,30H,7-14,18H2,1-2H3,(H,29,34). The second kappa shape index (κ2) is 10.7. The minimum absolute atomic E-state index is 0.175. The zero-order valence-electron chi connectivity index (χ0n) is 21.0. The van der Waals surface area contributed by atoms with Gasteiger partial charge in [-0.25, -0.2) is 0 Å². The molecular formula is C28H34N4O4. The minimum atomic E-state index is -0.266. The van der Waals surface area contributed by atoms with Crippen LogP contribution in [-0.4, -0.2) is 61.8 Å². The smallest absolute Gasteiger partial charge is 0.251 e. The van der Waals surface area contributed by atoms with Crippen LogP contribution in [0, 0.1) is 0 Å². The van der Waals surface area contributed by atoms with Crippen molar-refractivity contribution in [2.45, 2.75) is 38.4 Å². The van der Waals surface area contributed by atoms with Gasteiger partial charge in [0.2, 0.25) is 0 Å². The van der Waals surface area contributed by atoms with Crippen LogP contribution in [0.25, 0.3) is 10.9 Å². The van der Waals surface area contributed by atoms with E-state index < -0.39 is 0 Å². The molecule has 1 aromatic heterocycles. The predicted octanol–water partition coefficient (Wildman–Crippen LogP) is 2.56. The monoisotopic (exact) mass is 490 g/mol. The van der Waals surface area contributed by atoms with E-state index in [0.29, 0.717) is 23.9 Å². The van der Waals surface area contributed by atoms with Crippen LogP contribution in [0.2, 0.25) is 0 Å². The lowest BCUT2D eigenvalue weighted by atomic mass is 10.0. The summed E-state index contributed by atoms with van der Waals surface area (Å²) in [5.74, 6) is 1.42. The highest BCUT2D eigenvalue weighted by Crippen LogP contribution is 2.26. The normalized spacial score (nSPS) is 16.1. The van der Waals surface area contributed by atoms with Crippen LogP contribution in [-0.2, 0) is 19.5 Å². The molecule has 36 heavy (non-hydrogen) atoms. The molecule has 3 heterocycles. The maximum absolute atomic E-state index is 13.0. The van der Waals surface area contributed by atoms with Gasteiger partial charge in [0.1, 0.15) is 11.5 Å². The number of carbonyl (C=O) groups is 1. The van der Waals surface area contributed by atoms with Crippen molar-refractivity contribution in [3.8, 4) is 11.5 Å². The molecule has 5 rings (SSSR count). The zero-order chi connectivity index (χ0) is 25.1. The topological polar surface area (TPSA) is 84.8 Å². The Morgan fingerprint density at radius 2 is 1.94 bits per heavy atom. The number of pyridine rings is 1. The van der Waals surface area contributed by atoms with Gasteiger partial charge in [-0.15, -0.1) is 0 Å². The molecule has 8 heteroatoms. The zero-order valence-corrected chi connectivity index (χ0v) is 21.0. The van der Waals surface area contributed by atoms with Crippen molar-refractivity contribution in [2.75, 3.05) is 40.4 Å². The fraction of sp³-hybridized carbons (Fsp3) is 0.429. The van der Waals surface area contributed by atoms with Crippen LogP contribution < -0.4 is 25.7 Å². The van der Waals surface area contributed by atoms with E-state index in [1.54, 1.807) is 18.7 Å². The van der Waals surface area contributed by atoms with E-state index >= 15 is 0 Å². The third-order valence-electron chi connectivity index (χ3n) is 7.37. The second-order valence-corrected chi connectivity index (χ2v) is 9.55.